The number of nitrogens with zero attached hydrogens (tertiary/aromatic N) is 2. The molecular formula is C22H30ClN3O4. The van der Waals surface area contributed by atoms with Crippen LogP contribution in [0.4, 0.5) is 0 Å². The van der Waals surface area contributed by atoms with Crippen molar-refractivity contribution in [2.45, 2.75) is 38.5 Å². The molecule has 1 N–H and O–H groups in total. The second-order valence-electron chi connectivity index (χ2n) is 7.99. The number of nitrogens with one attached hydrogen (secondary N) is 1. The third kappa shape index (κ3) is 6.90. The van der Waals surface area contributed by atoms with E-state index >= 15 is 0 Å². The zero-order valence-corrected chi connectivity index (χ0v) is 18.0. The number of halogens is 1. The molecule has 8 heteroatoms. The predicted molar refractivity (Wildman–Crippen MR) is 114 cm³/mol. The summed E-state index contributed by atoms with van der Waals surface area (Å²) in [4.78, 5) is 40.2. The Morgan fingerprint density at radius 2 is 1.53 bits per heavy atom. The van der Waals surface area contributed by atoms with Gasteiger partial charge >= 0.3 is 0 Å². The molecule has 3 amide bonds. The van der Waals surface area contributed by atoms with Crippen LogP contribution in [0, 0.1) is 5.92 Å². The van der Waals surface area contributed by atoms with Gasteiger partial charge < -0.3 is 19.9 Å². The Morgan fingerprint density at radius 3 is 2.17 bits per heavy atom. The van der Waals surface area contributed by atoms with Crippen LogP contribution in [0.1, 0.15) is 38.5 Å². The molecule has 0 radical (unpaired) electrons. The number of benzene rings is 1. The largest absolute Gasteiger partial charge is 0.484 e. The summed E-state index contributed by atoms with van der Waals surface area (Å²) in [6.07, 6.45) is 6.40. The van der Waals surface area contributed by atoms with E-state index in [-0.39, 0.29) is 30.9 Å². The maximum Gasteiger partial charge on any atom is 0.260 e. The highest BCUT2D eigenvalue weighted by molar-refractivity contribution is 6.30. The monoisotopic (exact) mass is 435 g/mol. The Labute approximate surface area is 182 Å². The number of piperazine rings is 1. The van der Waals surface area contributed by atoms with Gasteiger partial charge in [0, 0.05) is 37.6 Å². The van der Waals surface area contributed by atoms with Crippen molar-refractivity contribution < 1.29 is 19.1 Å². The van der Waals surface area contributed by atoms with E-state index in [1.807, 2.05) is 0 Å². The van der Waals surface area contributed by atoms with Crippen LogP contribution < -0.4 is 10.1 Å². The van der Waals surface area contributed by atoms with E-state index in [1.165, 1.54) is 19.3 Å². The molecule has 164 valence electrons. The first-order valence-corrected chi connectivity index (χ1v) is 11.1. The summed E-state index contributed by atoms with van der Waals surface area (Å²) in [5, 5.41) is 3.37. The number of carbonyl (C=O) groups excluding carboxylic acids is 3. The molecule has 7 nitrogen and oxygen atoms in total. The van der Waals surface area contributed by atoms with Crippen LogP contribution in [0.15, 0.2) is 24.3 Å². The van der Waals surface area contributed by atoms with Gasteiger partial charge in [0.15, 0.2) is 6.61 Å². The van der Waals surface area contributed by atoms with Crippen molar-refractivity contribution in [2.75, 3.05) is 39.3 Å². The number of amides is 3. The Morgan fingerprint density at radius 1 is 0.933 bits per heavy atom. The molecule has 0 spiro atoms. The van der Waals surface area contributed by atoms with Crippen molar-refractivity contribution >= 4 is 29.3 Å². The second kappa shape index (κ2) is 11.2. The molecule has 1 aromatic rings. The molecular weight excluding hydrogens is 406 g/mol. The van der Waals surface area contributed by atoms with E-state index in [0.717, 1.165) is 12.8 Å². The average molecular weight is 436 g/mol. The fourth-order valence-electron chi connectivity index (χ4n) is 3.98. The second-order valence-corrected chi connectivity index (χ2v) is 8.43. The average Bonchev–Trinajstić information content (AvgIpc) is 2.77. The minimum atomic E-state index is -0.113. The van der Waals surface area contributed by atoms with E-state index in [1.54, 1.807) is 34.1 Å². The minimum absolute atomic E-state index is 0.0270. The molecule has 1 saturated heterocycles. The lowest BCUT2D eigenvalue weighted by atomic mass is 9.87. The molecule has 0 atom stereocenters. The summed E-state index contributed by atoms with van der Waals surface area (Å²) in [5.74, 6) is 0.793. The number of ether oxygens (including phenoxy) is 1. The molecule has 1 saturated carbocycles. The maximum atomic E-state index is 12.4. The number of hydrogen-bond donors (Lipinski definition) is 1. The smallest absolute Gasteiger partial charge is 0.260 e. The Balaban J connectivity index is 1.32. The SMILES string of the molecule is O=C(CC1CCCCC1)NCC(=O)N1CCN(C(=O)COc2ccc(Cl)cc2)CC1. The van der Waals surface area contributed by atoms with E-state index in [0.29, 0.717) is 49.3 Å². The molecule has 1 aliphatic heterocycles. The van der Waals surface area contributed by atoms with Gasteiger partial charge in [-0.25, -0.2) is 0 Å². The van der Waals surface area contributed by atoms with Crippen LogP contribution in [0.2, 0.25) is 5.02 Å². The molecule has 3 rings (SSSR count). The summed E-state index contributed by atoms with van der Waals surface area (Å²) < 4.78 is 5.50. The van der Waals surface area contributed by atoms with Gasteiger partial charge in [0.05, 0.1) is 6.54 Å². The Kier molecular flexibility index (Phi) is 8.37. The van der Waals surface area contributed by atoms with E-state index in [2.05, 4.69) is 5.32 Å². The highest BCUT2D eigenvalue weighted by Gasteiger charge is 2.25. The van der Waals surface area contributed by atoms with Crippen molar-refractivity contribution in [3.8, 4) is 5.75 Å². The van der Waals surface area contributed by atoms with Crippen molar-refractivity contribution in [2.24, 2.45) is 5.92 Å². The van der Waals surface area contributed by atoms with Crippen LogP contribution in [0.25, 0.3) is 0 Å². The number of rotatable bonds is 7. The maximum absolute atomic E-state index is 12.4. The molecule has 2 fully saturated rings. The van der Waals surface area contributed by atoms with Gasteiger partial charge in [-0.1, -0.05) is 30.9 Å². The molecule has 2 aliphatic rings. The quantitative estimate of drug-likeness (QED) is 0.713. The van der Waals surface area contributed by atoms with Crippen LogP contribution in [-0.2, 0) is 14.4 Å². The van der Waals surface area contributed by atoms with E-state index < -0.39 is 0 Å². The summed E-state index contributed by atoms with van der Waals surface area (Å²) in [6, 6.07) is 6.85. The summed E-state index contributed by atoms with van der Waals surface area (Å²) >= 11 is 5.83. The first kappa shape index (κ1) is 22.4. The van der Waals surface area contributed by atoms with E-state index in [9.17, 15) is 14.4 Å². The van der Waals surface area contributed by atoms with Crippen molar-refractivity contribution in [3.63, 3.8) is 0 Å². The lowest BCUT2D eigenvalue weighted by Crippen LogP contribution is -2.53. The fourth-order valence-corrected chi connectivity index (χ4v) is 4.11. The Hall–Kier alpha value is -2.28. The van der Waals surface area contributed by atoms with Gasteiger partial charge in [-0.05, 0) is 43.0 Å². The highest BCUT2D eigenvalue weighted by Crippen LogP contribution is 2.26. The van der Waals surface area contributed by atoms with Gasteiger partial charge in [0.2, 0.25) is 11.8 Å². The fraction of sp³-hybridized carbons (Fsp3) is 0.591. The van der Waals surface area contributed by atoms with Crippen LogP contribution in [-0.4, -0.2) is 66.9 Å². The summed E-state index contributed by atoms with van der Waals surface area (Å²) in [6.45, 7) is 1.83. The summed E-state index contributed by atoms with van der Waals surface area (Å²) in [7, 11) is 0. The molecule has 30 heavy (non-hydrogen) atoms. The Bertz CT molecular complexity index is 726. The van der Waals surface area contributed by atoms with Crippen LogP contribution in [0.5, 0.6) is 5.75 Å². The van der Waals surface area contributed by atoms with Gasteiger partial charge in [-0.2, -0.15) is 0 Å². The zero-order chi connectivity index (χ0) is 21.3. The lowest BCUT2D eigenvalue weighted by Gasteiger charge is -2.34. The van der Waals surface area contributed by atoms with Gasteiger partial charge in [0.25, 0.3) is 5.91 Å². The van der Waals surface area contributed by atoms with Crippen molar-refractivity contribution in [1.29, 1.82) is 0 Å². The standard InChI is InChI=1S/C22H30ClN3O4/c23-18-6-8-19(9-7-18)30-16-22(29)26-12-10-25(11-13-26)21(28)15-24-20(27)14-17-4-2-1-3-5-17/h6-9,17H,1-5,10-16H2,(H,24,27). The topological polar surface area (TPSA) is 79.0 Å². The van der Waals surface area contributed by atoms with Gasteiger partial charge in [-0.15, -0.1) is 0 Å². The molecule has 1 aliphatic carbocycles. The summed E-state index contributed by atoms with van der Waals surface area (Å²) in [5.41, 5.74) is 0. The van der Waals surface area contributed by atoms with Crippen molar-refractivity contribution in [1.82, 2.24) is 15.1 Å². The third-order valence-corrected chi connectivity index (χ3v) is 6.05. The van der Waals surface area contributed by atoms with Crippen molar-refractivity contribution in [3.05, 3.63) is 29.3 Å². The number of hydrogen-bond acceptors (Lipinski definition) is 4. The molecule has 0 bridgehead atoms. The normalized spacial score (nSPS) is 17.5. The zero-order valence-electron chi connectivity index (χ0n) is 17.3. The van der Waals surface area contributed by atoms with Crippen LogP contribution >= 0.6 is 11.6 Å². The highest BCUT2D eigenvalue weighted by atomic mass is 35.5. The molecule has 0 aromatic heterocycles. The minimum Gasteiger partial charge on any atom is -0.484 e. The predicted octanol–water partition coefficient (Wildman–Crippen LogP) is 2.48. The van der Waals surface area contributed by atoms with Crippen LogP contribution in [0.3, 0.4) is 0 Å². The molecule has 1 heterocycles. The van der Waals surface area contributed by atoms with Gasteiger partial charge in [-0.3, -0.25) is 14.4 Å². The molecule has 0 unspecified atom stereocenters. The first-order valence-electron chi connectivity index (χ1n) is 10.7. The first-order chi connectivity index (χ1) is 14.5. The number of carbonyl (C=O) groups is 3. The lowest BCUT2D eigenvalue weighted by molar-refractivity contribution is -0.140. The molecule has 1 aromatic carbocycles. The third-order valence-electron chi connectivity index (χ3n) is 5.80. The van der Waals surface area contributed by atoms with Gasteiger partial charge in [0.1, 0.15) is 5.75 Å². The van der Waals surface area contributed by atoms with E-state index in [4.69, 9.17) is 16.3 Å².